The van der Waals surface area contributed by atoms with E-state index in [2.05, 4.69) is 0 Å². The molecule has 250 valence electrons. The molecule has 12 heteroatoms. The number of phenolic OH excluding ortho intramolecular Hbond substituents is 1. The van der Waals surface area contributed by atoms with Gasteiger partial charge >= 0.3 is 6.18 Å². The van der Waals surface area contributed by atoms with Gasteiger partial charge in [-0.1, -0.05) is 24.3 Å². The van der Waals surface area contributed by atoms with Crippen molar-refractivity contribution >= 4 is 23.2 Å². The summed E-state index contributed by atoms with van der Waals surface area (Å²) in [5.74, 6) is -7.65. The fraction of sp³-hybridized carbons (Fsp3) is 0.457. The van der Waals surface area contributed by atoms with Crippen molar-refractivity contribution in [2.45, 2.75) is 51.4 Å². The summed E-state index contributed by atoms with van der Waals surface area (Å²) in [6.07, 6.45) is -3.58. The Morgan fingerprint density at radius 3 is 2.32 bits per heavy atom. The van der Waals surface area contributed by atoms with Gasteiger partial charge in [0.05, 0.1) is 23.4 Å². The molecule has 9 nitrogen and oxygen atoms in total. The summed E-state index contributed by atoms with van der Waals surface area (Å²) in [6.45, 7) is 3.09. The number of halogens is 3. The zero-order valence-electron chi connectivity index (χ0n) is 26.4. The smallest absolute Gasteiger partial charge is 0.391 e. The summed E-state index contributed by atoms with van der Waals surface area (Å²) in [5, 5.41) is 33.6. The van der Waals surface area contributed by atoms with Gasteiger partial charge in [-0.15, -0.1) is 0 Å². The van der Waals surface area contributed by atoms with E-state index in [1.165, 1.54) is 6.07 Å². The number of nitrogens with zero attached hydrogens (tertiary/aromatic N) is 2. The summed E-state index contributed by atoms with van der Waals surface area (Å²) >= 11 is 0. The van der Waals surface area contributed by atoms with Crippen LogP contribution in [0.5, 0.6) is 5.75 Å². The number of alkyl halides is 3. The minimum absolute atomic E-state index is 0.00926. The maximum Gasteiger partial charge on any atom is 0.391 e. The number of aliphatic hydroxyl groups is 2. The molecular weight excluding hydrogens is 615 g/mol. The van der Waals surface area contributed by atoms with Gasteiger partial charge in [-0.2, -0.15) is 13.2 Å². The highest BCUT2D eigenvalue weighted by molar-refractivity contribution is 6.28. The molecule has 0 bridgehead atoms. The van der Waals surface area contributed by atoms with E-state index in [9.17, 15) is 42.9 Å². The first kappa shape index (κ1) is 32.8. The van der Waals surface area contributed by atoms with Crippen LogP contribution in [0.25, 0.3) is 16.9 Å². The highest BCUT2D eigenvalue weighted by atomic mass is 19.4. The van der Waals surface area contributed by atoms with Crippen LogP contribution in [-0.2, 0) is 27.3 Å². The van der Waals surface area contributed by atoms with Gasteiger partial charge < -0.3 is 21.1 Å². The molecule has 0 spiro atoms. The number of amides is 1. The Balaban J connectivity index is 1.37. The van der Waals surface area contributed by atoms with Gasteiger partial charge in [0.15, 0.2) is 11.6 Å². The largest absolute Gasteiger partial charge is 0.510 e. The van der Waals surface area contributed by atoms with Gasteiger partial charge in [-0.05, 0) is 106 Å². The Morgan fingerprint density at radius 2 is 1.70 bits per heavy atom. The third-order valence-electron chi connectivity index (χ3n) is 10.6. The van der Waals surface area contributed by atoms with Crippen LogP contribution in [0.4, 0.5) is 13.2 Å². The minimum atomic E-state index is -4.19. The number of rotatable bonds is 5. The van der Waals surface area contributed by atoms with Crippen molar-refractivity contribution in [1.82, 2.24) is 9.80 Å². The predicted octanol–water partition coefficient (Wildman–Crippen LogP) is 4.60. The molecule has 1 amide bonds. The standard InChI is InChI=1S/C35H38F3N3O6/c1-16-17(15-41-11-9-19(10-12-41)35(36,37)38)5-4-6-20(16)21-7-8-24(42)26-22(21)13-18-14-23-27(31(44)25(18)30(26)43)32(45)28(34(39)47)33(46)29(23)40(2)3/h4-8,18-19,23,27,29,42-43,46H,9-15H2,1-3H3,(H2,39,47). The van der Waals surface area contributed by atoms with Gasteiger partial charge in [0.2, 0.25) is 0 Å². The number of hydrogen-bond acceptors (Lipinski definition) is 8. The highest BCUT2D eigenvalue weighted by Gasteiger charge is 2.56. The van der Waals surface area contributed by atoms with Crippen molar-refractivity contribution in [3.8, 4) is 16.9 Å². The number of ketones is 2. The van der Waals surface area contributed by atoms with E-state index in [-0.39, 0.29) is 42.6 Å². The Morgan fingerprint density at radius 1 is 1.02 bits per heavy atom. The van der Waals surface area contributed by atoms with E-state index in [1.54, 1.807) is 25.1 Å². The van der Waals surface area contributed by atoms with Gasteiger partial charge in [0.25, 0.3) is 5.91 Å². The molecule has 2 aromatic rings. The lowest BCUT2D eigenvalue weighted by molar-refractivity contribution is -0.185. The number of hydrogen-bond donors (Lipinski definition) is 4. The van der Waals surface area contributed by atoms with Crippen molar-refractivity contribution in [2.75, 3.05) is 27.2 Å². The highest BCUT2D eigenvalue weighted by Crippen LogP contribution is 2.52. The lowest BCUT2D eigenvalue weighted by Gasteiger charge is -2.46. The quantitative estimate of drug-likeness (QED) is 0.271. The molecule has 2 aromatic carbocycles. The molecule has 4 aliphatic rings. The van der Waals surface area contributed by atoms with Crippen molar-refractivity contribution in [3.05, 3.63) is 69.5 Å². The number of likely N-dealkylation sites (tertiary alicyclic amines) is 1. The molecule has 5 N–H and O–H groups in total. The summed E-state index contributed by atoms with van der Waals surface area (Å²) in [5.41, 5.74) is 8.97. The molecule has 1 aliphatic heterocycles. The van der Waals surface area contributed by atoms with Crippen LogP contribution >= 0.6 is 0 Å². The Hall–Kier alpha value is -4.16. The first-order valence-electron chi connectivity index (χ1n) is 15.8. The van der Waals surface area contributed by atoms with Gasteiger partial charge in [-0.25, -0.2) is 0 Å². The molecule has 4 atom stereocenters. The summed E-state index contributed by atoms with van der Waals surface area (Å²) < 4.78 is 39.6. The van der Waals surface area contributed by atoms with Crippen molar-refractivity contribution in [2.24, 2.45) is 29.4 Å². The maximum atomic E-state index is 14.0. The average molecular weight is 654 g/mol. The van der Waals surface area contributed by atoms with E-state index >= 15 is 0 Å². The summed E-state index contributed by atoms with van der Waals surface area (Å²) in [4.78, 5) is 43.3. The molecule has 1 saturated heterocycles. The second-order valence-electron chi connectivity index (χ2n) is 13.5. The van der Waals surface area contributed by atoms with Crippen LogP contribution in [0.3, 0.4) is 0 Å². The van der Waals surface area contributed by atoms with E-state index in [0.717, 1.165) is 22.3 Å². The van der Waals surface area contributed by atoms with E-state index < -0.39 is 70.5 Å². The Labute approximate surface area is 270 Å². The third kappa shape index (κ3) is 5.41. The van der Waals surface area contributed by atoms with Gasteiger partial charge in [0, 0.05) is 12.1 Å². The van der Waals surface area contributed by atoms with Crippen LogP contribution in [0, 0.1) is 30.6 Å². The molecule has 0 aromatic heterocycles. The van der Waals surface area contributed by atoms with Crippen LogP contribution < -0.4 is 5.73 Å². The first-order valence-corrected chi connectivity index (χ1v) is 15.8. The number of nitrogens with two attached hydrogens (primary N) is 1. The molecule has 1 heterocycles. The fourth-order valence-electron chi connectivity index (χ4n) is 8.32. The number of carbonyl (C=O) groups excluding carboxylic acids is 3. The average Bonchev–Trinajstić information content (AvgIpc) is 2.98. The van der Waals surface area contributed by atoms with Crippen molar-refractivity contribution in [1.29, 1.82) is 0 Å². The number of aromatic hydroxyl groups is 1. The number of likely N-dealkylation sites (N-methyl/N-ethyl adjacent to an activating group) is 1. The summed E-state index contributed by atoms with van der Waals surface area (Å²) in [6, 6.07) is 8.09. The summed E-state index contributed by atoms with van der Waals surface area (Å²) in [7, 11) is 3.33. The molecule has 3 aliphatic carbocycles. The molecule has 1 saturated carbocycles. The van der Waals surface area contributed by atoms with E-state index in [1.807, 2.05) is 30.0 Å². The lowest BCUT2D eigenvalue weighted by Crippen LogP contribution is -2.55. The molecule has 0 radical (unpaired) electrons. The molecule has 47 heavy (non-hydrogen) atoms. The Bertz CT molecular complexity index is 1740. The first-order chi connectivity index (χ1) is 22.1. The zero-order chi connectivity index (χ0) is 34.1. The number of carbonyl (C=O) groups is 3. The monoisotopic (exact) mass is 653 g/mol. The number of benzene rings is 2. The SMILES string of the molecule is Cc1c(CN2CCC(C(F)(F)F)CC2)cccc1-c1ccc(O)c2c1CC1CC3C(C(=O)C(C(N)=O)=C(O)C3N(C)C)C(=O)C1=C2O. The third-order valence-corrected chi connectivity index (χ3v) is 10.6. The number of primary amides is 1. The second-order valence-corrected chi connectivity index (χ2v) is 13.5. The second kappa shape index (κ2) is 11.8. The minimum Gasteiger partial charge on any atom is -0.510 e. The van der Waals surface area contributed by atoms with Crippen molar-refractivity contribution < 1.29 is 42.9 Å². The van der Waals surface area contributed by atoms with Gasteiger partial charge in [0.1, 0.15) is 22.8 Å². The molecule has 2 fully saturated rings. The fourth-order valence-corrected chi connectivity index (χ4v) is 8.32. The predicted molar refractivity (Wildman–Crippen MR) is 167 cm³/mol. The van der Waals surface area contributed by atoms with Crippen molar-refractivity contribution in [3.63, 3.8) is 0 Å². The Kier molecular flexibility index (Phi) is 8.24. The van der Waals surface area contributed by atoms with Gasteiger partial charge in [-0.3, -0.25) is 24.2 Å². The molecular formula is C35H38F3N3O6. The normalized spacial score (nSPS) is 25.6. The van der Waals surface area contributed by atoms with E-state index in [4.69, 9.17) is 5.73 Å². The van der Waals surface area contributed by atoms with Crippen LogP contribution in [0.1, 0.15) is 41.5 Å². The maximum absolute atomic E-state index is 14.0. The number of piperidine rings is 1. The topological polar surface area (TPSA) is 144 Å². The zero-order valence-corrected chi connectivity index (χ0v) is 26.4. The molecule has 4 unspecified atom stereocenters. The number of phenols is 1. The molecule has 6 rings (SSSR count). The van der Waals surface area contributed by atoms with Crippen LogP contribution in [0.2, 0.25) is 0 Å². The number of aliphatic hydroxyl groups excluding tert-OH is 2. The number of allylic oxidation sites excluding steroid dienone is 1. The van der Waals surface area contributed by atoms with E-state index in [0.29, 0.717) is 25.2 Å². The van der Waals surface area contributed by atoms with Crippen LogP contribution in [0.15, 0.2) is 47.2 Å². The number of Topliss-reactive ketones (excluding diaryl/α,β-unsaturated/α-hetero) is 2. The lowest BCUT2D eigenvalue weighted by atomic mass is 9.59. The number of fused-ring (bicyclic) bond motifs is 3. The van der Waals surface area contributed by atoms with Crippen LogP contribution in [-0.4, -0.2) is 82.0 Å².